The Morgan fingerprint density at radius 2 is 1.19 bits per heavy atom. The minimum atomic E-state index is -0.881. The normalized spacial score (nSPS) is 18.6. The molecular formula is C56H41N2P. The van der Waals surface area contributed by atoms with Gasteiger partial charge in [0.05, 0.1) is 22.1 Å². The van der Waals surface area contributed by atoms with Crippen LogP contribution in [-0.4, -0.2) is 4.57 Å². The second kappa shape index (κ2) is 13.4. The molecule has 0 N–H and O–H groups in total. The van der Waals surface area contributed by atoms with Crippen LogP contribution in [0.1, 0.15) is 35.6 Å². The van der Waals surface area contributed by atoms with Crippen LogP contribution >= 0.6 is 7.92 Å². The molecule has 1 spiro atoms. The first-order valence-electron chi connectivity index (χ1n) is 20.8. The van der Waals surface area contributed by atoms with Crippen LogP contribution in [0.25, 0.3) is 38.6 Å². The minimum absolute atomic E-state index is 0.421. The lowest BCUT2D eigenvalue weighted by molar-refractivity contribution is 0.670. The fourth-order valence-corrected chi connectivity index (χ4v) is 13.2. The van der Waals surface area contributed by atoms with Crippen LogP contribution in [-0.2, 0) is 5.41 Å². The van der Waals surface area contributed by atoms with Crippen LogP contribution < -0.4 is 20.8 Å². The summed E-state index contributed by atoms with van der Waals surface area (Å²) in [6.07, 6.45) is 7.79. The summed E-state index contributed by atoms with van der Waals surface area (Å²) in [5, 5.41) is 6.81. The van der Waals surface area contributed by atoms with Crippen molar-refractivity contribution >= 4 is 57.0 Å². The standard InChI is InChI=1S/C56H41N2P/c1-38-17-8-12-27-50(38)57(41-18-4-2-5-19-41)42-34-31-39(32-35-42)40-33-36-48-54(37-40)59(43-20-6-3-7-21-43)53-30-15-11-25-47(53)56(48)46-24-10-14-29-52(46)58-51-28-13-9-22-44(51)45-23-16-26-49(56)55(45)58/h2-16,18-38H,17H2,1H3/t38?,56?,59-/m0/s1. The smallest absolute Gasteiger partial charge is 0.0755 e. The van der Waals surface area contributed by atoms with Gasteiger partial charge in [-0.2, -0.15) is 0 Å². The molecule has 59 heavy (non-hydrogen) atoms. The first kappa shape index (κ1) is 34.3. The summed E-state index contributed by atoms with van der Waals surface area (Å²) < 4.78 is 2.53. The fourth-order valence-electron chi connectivity index (χ4n) is 10.5. The van der Waals surface area contributed by atoms with Gasteiger partial charge in [-0.15, -0.1) is 0 Å². The summed E-state index contributed by atoms with van der Waals surface area (Å²) in [7, 11) is -0.881. The van der Waals surface area contributed by atoms with Crippen molar-refractivity contribution in [1.82, 2.24) is 4.57 Å². The van der Waals surface area contributed by atoms with E-state index in [0.717, 1.165) is 6.42 Å². The summed E-state index contributed by atoms with van der Waals surface area (Å²) in [5.41, 5.74) is 14.9. The molecule has 1 aromatic heterocycles. The van der Waals surface area contributed by atoms with Crippen molar-refractivity contribution in [2.45, 2.75) is 18.8 Å². The second-order valence-electron chi connectivity index (χ2n) is 16.1. The third-order valence-electron chi connectivity index (χ3n) is 13.0. The van der Waals surface area contributed by atoms with Crippen molar-refractivity contribution in [2.75, 3.05) is 4.90 Å². The molecule has 2 aliphatic heterocycles. The molecule has 0 saturated heterocycles. The average Bonchev–Trinajstić information content (AvgIpc) is 3.64. The number of benzene rings is 8. The molecule has 0 bridgehead atoms. The summed E-state index contributed by atoms with van der Waals surface area (Å²) in [6.45, 7) is 2.33. The SMILES string of the molecule is CC1CC=CC=C1N(c1ccccc1)c1ccc(-c2ccc3c(c2)[P@@](c2ccccc2)c2ccccc2C32c3ccccc3-n3c4ccccc4c4cccc2c43)cc1. The number of nitrogens with zero attached hydrogens (tertiary/aromatic N) is 2. The fraction of sp³-hybridized carbons (Fsp3) is 0.0714. The zero-order valence-corrected chi connectivity index (χ0v) is 33.7. The van der Waals surface area contributed by atoms with E-state index in [1.165, 1.54) is 93.9 Å². The number of aromatic nitrogens is 1. The van der Waals surface area contributed by atoms with Gasteiger partial charge in [-0.05, 0) is 112 Å². The molecule has 12 rings (SSSR count). The van der Waals surface area contributed by atoms with E-state index in [-0.39, 0.29) is 0 Å². The Labute approximate surface area is 346 Å². The summed E-state index contributed by atoms with van der Waals surface area (Å²) in [6, 6.07) is 73.2. The molecule has 2 nitrogen and oxygen atoms in total. The molecule has 0 radical (unpaired) electrons. The summed E-state index contributed by atoms with van der Waals surface area (Å²) in [4.78, 5) is 2.43. The Hall–Kier alpha value is -6.73. The Kier molecular flexibility index (Phi) is 7.80. The van der Waals surface area contributed by atoms with Gasteiger partial charge in [0.15, 0.2) is 0 Å². The van der Waals surface area contributed by atoms with Crippen LogP contribution in [0, 0.1) is 5.92 Å². The average molecular weight is 773 g/mol. The van der Waals surface area contributed by atoms with E-state index in [1.54, 1.807) is 0 Å². The molecule has 8 aromatic carbocycles. The Balaban J connectivity index is 1.10. The van der Waals surface area contributed by atoms with Crippen LogP contribution in [0.3, 0.4) is 0 Å². The monoisotopic (exact) mass is 772 g/mol. The Morgan fingerprint density at radius 3 is 2.02 bits per heavy atom. The van der Waals surface area contributed by atoms with E-state index in [4.69, 9.17) is 0 Å². The van der Waals surface area contributed by atoms with Gasteiger partial charge in [0.1, 0.15) is 0 Å². The number of hydrogen-bond donors (Lipinski definition) is 0. The molecule has 2 unspecified atom stereocenters. The van der Waals surface area contributed by atoms with E-state index in [2.05, 4.69) is 229 Å². The quantitative estimate of drug-likeness (QED) is 0.158. The number of para-hydroxylation sites is 4. The van der Waals surface area contributed by atoms with Crippen LogP contribution in [0.4, 0.5) is 11.4 Å². The maximum atomic E-state index is 2.54. The van der Waals surface area contributed by atoms with Crippen LogP contribution in [0.15, 0.2) is 218 Å². The molecule has 1 aliphatic carbocycles. The number of hydrogen-bond acceptors (Lipinski definition) is 1. The van der Waals surface area contributed by atoms with E-state index in [9.17, 15) is 0 Å². The molecule has 0 saturated carbocycles. The van der Waals surface area contributed by atoms with Gasteiger partial charge in [-0.3, -0.25) is 0 Å². The first-order valence-corrected chi connectivity index (χ1v) is 22.1. The molecule has 0 fully saturated rings. The summed E-state index contributed by atoms with van der Waals surface area (Å²) >= 11 is 0. The first-order chi connectivity index (χ1) is 29.2. The van der Waals surface area contributed by atoms with Gasteiger partial charge < -0.3 is 9.47 Å². The molecule has 3 atom stereocenters. The second-order valence-corrected chi connectivity index (χ2v) is 18.3. The highest BCUT2D eigenvalue weighted by Gasteiger charge is 2.51. The van der Waals surface area contributed by atoms with E-state index in [1.807, 2.05) is 0 Å². The number of allylic oxidation sites excluding steroid dienone is 4. The lowest BCUT2D eigenvalue weighted by Gasteiger charge is -2.48. The van der Waals surface area contributed by atoms with Crippen LogP contribution in [0.2, 0.25) is 0 Å². The molecule has 3 heteroatoms. The number of anilines is 2. The van der Waals surface area contributed by atoms with E-state index in [0.29, 0.717) is 5.92 Å². The van der Waals surface area contributed by atoms with Crippen molar-refractivity contribution in [3.8, 4) is 16.8 Å². The molecule has 280 valence electrons. The largest absolute Gasteiger partial charge is 0.314 e. The highest BCUT2D eigenvalue weighted by atomic mass is 31.1. The molecular weight excluding hydrogens is 732 g/mol. The highest BCUT2D eigenvalue weighted by Crippen LogP contribution is 2.58. The maximum Gasteiger partial charge on any atom is 0.0755 e. The third-order valence-corrected chi connectivity index (χ3v) is 15.5. The lowest BCUT2D eigenvalue weighted by atomic mass is 9.62. The molecule has 0 amide bonds. The van der Waals surface area contributed by atoms with Gasteiger partial charge in [0.2, 0.25) is 0 Å². The van der Waals surface area contributed by atoms with Crippen molar-refractivity contribution in [3.05, 3.63) is 240 Å². The van der Waals surface area contributed by atoms with E-state index < -0.39 is 13.3 Å². The predicted molar refractivity (Wildman–Crippen MR) is 250 cm³/mol. The summed E-state index contributed by atoms with van der Waals surface area (Å²) in [5.74, 6) is 0.421. The predicted octanol–water partition coefficient (Wildman–Crippen LogP) is 12.8. The zero-order chi connectivity index (χ0) is 39.1. The van der Waals surface area contributed by atoms with Gasteiger partial charge in [0.25, 0.3) is 0 Å². The maximum absolute atomic E-state index is 2.54. The lowest BCUT2D eigenvalue weighted by Crippen LogP contribution is -2.47. The van der Waals surface area contributed by atoms with Gasteiger partial charge in [0, 0.05) is 33.8 Å². The highest BCUT2D eigenvalue weighted by molar-refractivity contribution is 7.80. The van der Waals surface area contributed by atoms with Gasteiger partial charge in [-0.1, -0.05) is 171 Å². The Bertz CT molecular complexity index is 3160. The van der Waals surface area contributed by atoms with Gasteiger partial charge >= 0.3 is 0 Å². The van der Waals surface area contributed by atoms with Crippen molar-refractivity contribution in [1.29, 1.82) is 0 Å². The van der Waals surface area contributed by atoms with Crippen molar-refractivity contribution < 1.29 is 0 Å². The number of rotatable bonds is 5. The topological polar surface area (TPSA) is 8.17 Å². The molecule has 3 heterocycles. The third kappa shape index (κ3) is 4.97. The van der Waals surface area contributed by atoms with Crippen molar-refractivity contribution in [3.63, 3.8) is 0 Å². The van der Waals surface area contributed by atoms with Crippen molar-refractivity contribution in [2.24, 2.45) is 5.92 Å². The molecule has 9 aromatic rings. The zero-order valence-electron chi connectivity index (χ0n) is 32.8. The minimum Gasteiger partial charge on any atom is -0.314 e. The van der Waals surface area contributed by atoms with Crippen LogP contribution in [0.5, 0.6) is 0 Å². The van der Waals surface area contributed by atoms with Gasteiger partial charge in [-0.25, -0.2) is 0 Å². The molecule has 3 aliphatic rings. The number of fused-ring (bicyclic) bond motifs is 11. The Morgan fingerprint density at radius 1 is 0.542 bits per heavy atom. The van der Waals surface area contributed by atoms with E-state index >= 15 is 0 Å².